The Morgan fingerprint density at radius 1 is 1.28 bits per heavy atom. The van der Waals surface area contributed by atoms with E-state index in [1.54, 1.807) is 13.2 Å². The quantitative estimate of drug-likeness (QED) is 0.710. The molecule has 1 rings (SSSR count). The summed E-state index contributed by atoms with van der Waals surface area (Å²) in [6, 6.07) is 5.10. The van der Waals surface area contributed by atoms with Crippen LogP contribution in [0.15, 0.2) is 22.7 Å². The summed E-state index contributed by atoms with van der Waals surface area (Å²) in [5.74, 6) is -0.187. The fraction of sp³-hybridized carbons (Fsp3) is 0.538. The maximum Gasteiger partial charge on any atom is 0.128 e. The summed E-state index contributed by atoms with van der Waals surface area (Å²) >= 11 is 3.23. The van der Waals surface area contributed by atoms with E-state index in [9.17, 15) is 4.39 Å². The van der Waals surface area contributed by atoms with Crippen LogP contribution in [0.5, 0.6) is 0 Å². The van der Waals surface area contributed by atoms with E-state index in [-0.39, 0.29) is 5.82 Å². The molecule has 0 aromatic heterocycles. The Balaban J connectivity index is 2.07. The normalized spacial score (nSPS) is 10.8. The molecule has 0 spiro atoms. The van der Waals surface area contributed by atoms with Crippen molar-refractivity contribution in [1.82, 2.24) is 5.32 Å². The molecule has 0 aliphatic carbocycles. The zero-order valence-electron chi connectivity index (χ0n) is 10.5. The molecule has 3 nitrogen and oxygen atoms in total. The van der Waals surface area contributed by atoms with Gasteiger partial charge in [-0.2, -0.15) is 0 Å². The van der Waals surface area contributed by atoms with Crippen LogP contribution < -0.4 is 5.32 Å². The van der Waals surface area contributed by atoms with Crippen LogP contribution in [-0.2, 0) is 16.0 Å². The molecule has 102 valence electrons. The summed E-state index contributed by atoms with van der Waals surface area (Å²) in [5, 5.41) is 3.19. The van der Waals surface area contributed by atoms with E-state index < -0.39 is 0 Å². The summed E-state index contributed by atoms with van der Waals surface area (Å²) in [7, 11) is 1.65. The molecule has 0 aliphatic heterocycles. The van der Waals surface area contributed by atoms with Gasteiger partial charge in [-0.05, 0) is 25.1 Å². The number of methoxy groups -OCH3 is 1. The number of ether oxygens (including phenoxy) is 2. The van der Waals surface area contributed by atoms with Crippen molar-refractivity contribution in [3.05, 3.63) is 34.1 Å². The topological polar surface area (TPSA) is 30.5 Å². The highest BCUT2D eigenvalue weighted by atomic mass is 79.9. The van der Waals surface area contributed by atoms with E-state index in [1.165, 1.54) is 6.07 Å². The van der Waals surface area contributed by atoms with Crippen LogP contribution in [0.2, 0.25) is 0 Å². The minimum absolute atomic E-state index is 0.187. The van der Waals surface area contributed by atoms with Crippen molar-refractivity contribution < 1.29 is 13.9 Å². The zero-order valence-corrected chi connectivity index (χ0v) is 12.1. The van der Waals surface area contributed by atoms with Crippen LogP contribution in [0.4, 0.5) is 4.39 Å². The third kappa shape index (κ3) is 6.44. The highest BCUT2D eigenvalue weighted by molar-refractivity contribution is 9.10. The largest absolute Gasteiger partial charge is 0.382 e. The van der Waals surface area contributed by atoms with E-state index in [0.29, 0.717) is 31.9 Å². The molecule has 0 saturated carbocycles. The van der Waals surface area contributed by atoms with Crippen molar-refractivity contribution in [2.45, 2.75) is 13.0 Å². The molecule has 0 amide bonds. The average molecular weight is 320 g/mol. The summed E-state index contributed by atoms with van der Waals surface area (Å²) in [5.41, 5.74) is 0.679. The van der Waals surface area contributed by atoms with E-state index in [0.717, 1.165) is 17.4 Å². The van der Waals surface area contributed by atoms with Crippen LogP contribution in [-0.4, -0.2) is 33.5 Å². The molecule has 1 aromatic carbocycles. The monoisotopic (exact) mass is 319 g/mol. The Hall–Kier alpha value is -0.490. The fourth-order valence-electron chi connectivity index (χ4n) is 1.43. The van der Waals surface area contributed by atoms with Crippen LogP contribution in [0.1, 0.15) is 12.0 Å². The second-order valence-corrected chi connectivity index (χ2v) is 4.79. The first-order chi connectivity index (χ1) is 8.74. The van der Waals surface area contributed by atoms with Gasteiger partial charge in [-0.25, -0.2) is 4.39 Å². The van der Waals surface area contributed by atoms with E-state index in [4.69, 9.17) is 9.47 Å². The van der Waals surface area contributed by atoms with E-state index >= 15 is 0 Å². The molecule has 0 aliphatic rings. The minimum Gasteiger partial charge on any atom is -0.382 e. The minimum atomic E-state index is -0.187. The Morgan fingerprint density at radius 2 is 2.11 bits per heavy atom. The first-order valence-corrected chi connectivity index (χ1v) is 6.74. The average Bonchev–Trinajstić information content (AvgIpc) is 2.35. The summed E-state index contributed by atoms with van der Waals surface area (Å²) in [6.45, 7) is 3.29. The summed E-state index contributed by atoms with van der Waals surface area (Å²) < 4.78 is 24.4. The van der Waals surface area contributed by atoms with Gasteiger partial charge in [0, 0.05) is 30.3 Å². The molecule has 0 heterocycles. The van der Waals surface area contributed by atoms with Crippen molar-refractivity contribution in [3.63, 3.8) is 0 Å². The first kappa shape index (κ1) is 15.6. The first-order valence-electron chi connectivity index (χ1n) is 5.95. The highest BCUT2D eigenvalue weighted by Gasteiger charge is 2.01. The third-order valence-corrected chi connectivity index (χ3v) is 2.90. The van der Waals surface area contributed by atoms with Crippen LogP contribution in [0.25, 0.3) is 0 Å². The summed E-state index contributed by atoms with van der Waals surface area (Å²) in [4.78, 5) is 0. The number of hydrogen-bond donors (Lipinski definition) is 1. The molecule has 5 heteroatoms. The smallest absolute Gasteiger partial charge is 0.128 e. The second-order valence-electron chi connectivity index (χ2n) is 3.87. The maximum absolute atomic E-state index is 13.5. The van der Waals surface area contributed by atoms with Gasteiger partial charge in [0.25, 0.3) is 0 Å². The second kappa shape index (κ2) is 9.44. The Kier molecular flexibility index (Phi) is 8.17. The molecule has 18 heavy (non-hydrogen) atoms. The van der Waals surface area contributed by atoms with E-state index in [1.807, 2.05) is 6.07 Å². The fourth-order valence-corrected chi connectivity index (χ4v) is 1.76. The van der Waals surface area contributed by atoms with Gasteiger partial charge in [0.1, 0.15) is 5.82 Å². The SMILES string of the molecule is COCCOCCCNCc1ccc(Br)cc1F. The molecule has 0 radical (unpaired) electrons. The van der Waals surface area contributed by atoms with Gasteiger partial charge in [0.05, 0.1) is 13.2 Å². The van der Waals surface area contributed by atoms with Gasteiger partial charge in [-0.3, -0.25) is 0 Å². The lowest BCUT2D eigenvalue weighted by atomic mass is 10.2. The molecule has 1 N–H and O–H groups in total. The number of rotatable bonds is 9. The zero-order chi connectivity index (χ0) is 13.2. The highest BCUT2D eigenvalue weighted by Crippen LogP contribution is 2.14. The van der Waals surface area contributed by atoms with Crippen LogP contribution in [0, 0.1) is 5.82 Å². The van der Waals surface area contributed by atoms with E-state index in [2.05, 4.69) is 21.2 Å². The Bertz CT molecular complexity index is 350. The Morgan fingerprint density at radius 3 is 2.83 bits per heavy atom. The Labute approximate surface area is 116 Å². The lowest BCUT2D eigenvalue weighted by Gasteiger charge is -2.07. The van der Waals surface area contributed by atoms with Gasteiger partial charge >= 0.3 is 0 Å². The maximum atomic E-state index is 13.5. The molecule has 0 fully saturated rings. The van der Waals surface area contributed by atoms with Crippen molar-refractivity contribution in [3.8, 4) is 0 Å². The van der Waals surface area contributed by atoms with Gasteiger partial charge in [0.2, 0.25) is 0 Å². The van der Waals surface area contributed by atoms with Crippen molar-refractivity contribution in [2.24, 2.45) is 0 Å². The van der Waals surface area contributed by atoms with Gasteiger partial charge in [0.15, 0.2) is 0 Å². The number of nitrogens with one attached hydrogen (secondary N) is 1. The van der Waals surface area contributed by atoms with Gasteiger partial charge in [-0.1, -0.05) is 22.0 Å². The molecule has 0 unspecified atom stereocenters. The number of hydrogen-bond acceptors (Lipinski definition) is 3. The van der Waals surface area contributed by atoms with Crippen LogP contribution >= 0.6 is 15.9 Å². The van der Waals surface area contributed by atoms with Crippen LogP contribution in [0.3, 0.4) is 0 Å². The van der Waals surface area contributed by atoms with Gasteiger partial charge in [-0.15, -0.1) is 0 Å². The van der Waals surface area contributed by atoms with Gasteiger partial charge < -0.3 is 14.8 Å². The van der Waals surface area contributed by atoms with Crippen molar-refractivity contribution in [2.75, 3.05) is 33.5 Å². The summed E-state index contributed by atoms with van der Waals surface area (Å²) in [6.07, 6.45) is 0.905. The standard InChI is InChI=1S/C13H19BrFNO2/c1-17-7-8-18-6-2-5-16-10-11-3-4-12(14)9-13(11)15/h3-4,9,16H,2,5-8,10H2,1H3. The lowest BCUT2D eigenvalue weighted by Crippen LogP contribution is -2.17. The molecule has 0 bridgehead atoms. The molecule has 0 atom stereocenters. The number of benzene rings is 1. The van der Waals surface area contributed by atoms with Crippen molar-refractivity contribution >= 4 is 15.9 Å². The number of halogens is 2. The third-order valence-electron chi connectivity index (χ3n) is 2.40. The molecule has 1 aromatic rings. The lowest BCUT2D eigenvalue weighted by molar-refractivity contribution is 0.0694. The molecule has 0 saturated heterocycles. The van der Waals surface area contributed by atoms with Crippen molar-refractivity contribution in [1.29, 1.82) is 0 Å². The molecular formula is C13H19BrFNO2. The molecular weight excluding hydrogens is 301 g/mol. The predicted molar refractivity (Wildman–Crippen MR) is 73.1 cm³/mol. The predicted octanol–water partition coefficient (Wildman–Crippen LogP) is 2.73.